The second-order valence-electron chi connectivity index (χ2n) is 7.48. The topological polar surface area (TPSA) is 32.8 Å². The molecule has 0 unspecified atom stereocenters. The van der Waals surface area contributed by atoms with Crippen LogP contribution in [-0.2, 0) is 16.0 Å². The fourth-order valence-electron chi connectivity index (χ4n) is 3.93. The first-order valence-electron chi connectivity index (χ1n) is 9.03. The molecule has 2 aliphatic heterocycles. The van der Waals surface area contributed by atoms with E-state index in [4.69, 9.17) is 4.74 Å². The fraction of sp³-hybridized carbons (Fsp3) is 0.632. The normalized spacial score (nSPS) is 27.8. The van der Waals surface area contributed by atoms with Crippen molar-refractivity contribution in [3.05, 3.63) is 35.6 Å². The van der Waals surface area contributed by atoms with Crippen LogP contribution < -0.4 is 0 Å². The van der Waals surface area contributed by atoms with Gasteiger partial charge in [0, 0.05) is 38.6 Å². The number of likely N-dealkylation sites (tertiary alicyclic amines) is 1. The molecule has 0 spiro atoms. The molecule has 0 aromatic heterocycles. The third-order valence-corrected chi connectivity index (χ3v) is 5.42. The molecule has 1 aromatic carbocycles. The second-order valence-corrected chi connectivity index (χ2v) is 7.48. The number of rotatable bonds is 4. The van der Waals surface area contributed by atoms with Crippen molar-refractivity contribution < 1.29 is 13.9 Å². The molecule has 5 heteroatoms. The molecule has 3 fully saturated rings. The third kappa shape index (κ3) is 3.78. The van der Waals surface area contributed by atoms with E-state index >= 15 is 0 Å². The molecule has 3 aliphatic rings. The summed E-state index contributed by atoms with van der Waals surface area (Å²) in [6.07, 6.45) is 3.15. The highest BCUT2D eigenvalue weighted by Gasteiger charge is 2.39. The van der Waals surface area contributed by atoms with E-state index in [1.54, 1.807) is 6.07 Å². The first-order valence-corrected chi connectivity index (χ1v) is 9.03. The molecule has 24 heavy (non-hydrogen) atoms. The van der Waals surface area contributed by atoms with Crippen molar-refractivity contribution in [1.82, 2.24) is 9.80 Å². The Kier molecular flexibility index (Phi) is 4.55. The van der Waals surface area contributed by atoms with Crippen LogP contribution >= 0.6 is 0 Å². The summed E-state index contributed by atoms with van der Waals surface area (Å²) in [6, 6.07) is 6.32. The number of amides is 1. The number of ether oxygens (including phenoxy) is 1. The minimum absolute atomic E-state index is 0.0750. The zero-order valence-corrected chi connectivity index (χ0v) is 14.0. The summed E-state index contributed by atoms with van der Waals surface area (Å²) < 4.78 is 19.3. The number of hydrogen-bond donors (Lipinski definition) is 0. The molecule has 4 nitrogen and oxygen atoms in total. The Hall–Kier alpha value is -1.46. The van der Waals surface area contributed by atoms with E-state index < -0.39 is 0 Å². The fourth-order valence-corrected chi connectivity index (χ4v) is 3.93. The first kappa shape index (κ1) is 16.0. The molecule has 0 N–H and O–H groups in total. The second kappa shape index (κ2) is 6.81. The van der Waals surface area contributed by atoms with Gasteiger partial charge in [0.25, 0.3) is 0 Å². The van der Waals surface area contributed by atoms with Crippen molar-refractivity contribution in [1.29, 1.82) is 0 Å². The molecule has 4 rings (SSSR count). The van der Waals surface area contributed by atoms with Gasteiger partial charge in [0.2, 0.25) is 5.91 Å². The molecule has 0 bridgehead atoms. The van der Waals surface area contributed by atoms with Gasteiger partial charge >= 0.3 is 0 Å². The third-order valence-electron chi connectivity index (χ3n) is 5.42. The Bertz CT molecular complexity index is 605. The van der Waals surface area contributed by atoms with Gasteiger partial charge in [-0.3, -0.25) is 4.79 Å². The minimum Gasteiger partial charge on any atom is -0.375 e. The molecule has 2 saturated heterocycles. The molecule has 1 aromatic rings. The number of carbonyl (C=O) groups excluding carboxylic acids is 1. The number of carbonyl (C=O) groups is 1. The molecule has 1 saturated carbocycles. The summed E-state index contributed by atoms with van der Waals surface area (Å²) in [5, 5.41) is 0. The van der Waals surface area contributed by atoms with Crippen molar-refractivity contribution in [2.24, 2.45) is 11.8 Å². The van der Waals surface area contributed by atoms with Gasteiger partial charge < -0.3 is 14.5 Å². The Morgan fingerprint density at radius 2 is 2.12 bits per heavy atom. The largest absolute Gasteiger partial charge is 0.375 e. The van der Waals surface area contributed by atoms with Gasteiger partial charge in [0.1, 0.15) is 5.82 Å². The molecular weight excluding hydrogens is 307 g/mol. The van der Waals surface area contributed by atoms with Crippen LogP contribution in [0.25, 0.3) is 0 Å². The van der Waals surface area contributed by atoms with Crippen molar-refractivity contribution in [2.75, 3.05) is 39.3 Å². The van der Waals surface area contributed by atoms with Gasteiger partial charge in [0.15, 0.2) is 0 Å². The monoisotopic (exact) mass is 332 g/mol. The van der Waals surface area contributed by atoms with E-state index in [0.29, 0.717) is 12.5 Å². The lowest BCUT2D eigenvalue weighted by Crippen LogP contribution is -2.35. The SMILES string of the molecule is O=C(Cc1cccc(F)c1)N1C[C@H]2CN(CC3CC3)CCO[C@H]2C1. The average Bonchev–Trinajstić information content (AvgIpc) is 3.30. The quantitative estimate of drug-likeness (QED) is 0.845. The smallest absolute Gasteiger partial charge is 0.227 e. The maximum absolute atomic E-state index is 13.3. The molecule has 0 radical (unpaired) electrons. The maximum Gasteiger partial charge on any atom is 0.227 e. The number of nitrogens with zero attached hydrogens (tertiary/aromatic N) is 2. The van der Waals surface area contributed by atoms with Crippen LogP contribution in [0.5, 0.6) is 0 Å². The van der Waals surface area contributed by atoms with E-state index in [2.05, 4.69) is 4.90 Å². The zero-order chi connectivity index (χ0) is 16.5. The Labute approximate surface area is 142 Å². The number of halogens is 1. The Balaban J connectivity index is 1.35. The van der Waals surface area contributed by atoms with Gasteiger partial charge in [-0.15, -0.1) is 0 Å². The number of hydrogen-bond acceptors (Lipinski definition) is 3. The highest BCUT2D eigenvalue weighted by atomic mass is 19.1. The molecule has 1 aliphatic carbocycles. The van der Waals surface area contributed by atoms with Crippen molar-refractivity contribution in [2.45, 2.75) is 25.4 Å². The van der Waals surface area contributed by atoms with Gasteiger partial charge in [-0.1, -0.05) is 12.1 Å². The summed E-state index contributed by atoms with van der Waals surface area (Å²) in [6.45, 7) is 5.44. The summed E-state index contributed by atoms with van der Waals surface area (Å²) in [7, 11) is 0. The number of benzene rings is 1. The molecule has 2 heterocycles. The summed E-state index contributed by atoms with van der Waals surface area (Å²) in [4.78, 5) is 17.0. The van der Waals surface area contributed by atoms with Crippen LogP contribution in [0.3, 0.4) is 0 Å². The predicted molar refractivity (Wildman–Crippen MR) is 89.1 cm³/mol. The highest BCUT2D eigenvalue weighted by Crippen LogP contribution is 2.31. The maximum atomic E-state index is 13.3. The van der Waals surface area contributed by atoms with E-state index in [1.807, 2.05) is 11.0 Å². The molecular formula is C19H25FN2O2. The molecule has 1 amide bonds. The van der Waals surface area contributed by atoms with Crippen molar-refractivity contribution >= 4 is 5.91 Å². The molecule has 2 atom stereocenters. The summed E-state index contributed by atoms with van der Waals surface area (Å²) in [5.74, 6) is 1.08. The standard InChI is InChI=1S/C19H25FN2O2/c20-17-3-1-2-15(8-17)9-19(23)22-12-16-11-21(10-14-4-5-14)6-7-24-18(16)13-22/h1-3,8,14,16,18H,4-7,9-13H2/t16-,18+/m1/s1. The number of fused-ring (bicyclic) bond motifs is 1. The predicted octanol–water partition coefficient (Wildman–Crippen LogP) is 1.94. The van der Waals surface area contributed by atoms with E-state index in [0.717, 1.165) is 37.7 Å². The van der Waals surface area contributed by atoms with E-state index in [1.165, 1.54) is 31.5 Å². The summed E-state index contributed by atoms with van der Waals surface area (Å²) >= 11 is 0. The zero-order valence-electron chi connectivity index (χ0n) is 14.0. The van der Waals surface area contributed by atoms with Gasteiger partial charge in [-0.2, -0.15) is 0 Å². The van der Waals surface area contributed by atoms with Gasteiger partial charge in [-0.05, 0) is 36.5 Å². The first-order chi connectivity index (χ1) is 11.7. The minimum atomic E-state index is -0.286. The average molecular weight is 332 g/mol. The van der Waals surface area contributed by atoms with Crippen LogP contribution in [-0.4, -0.2) is 61.1 Å². The molecule has 130 valence electrons. The highest BCUT2D eigenvalue weighted by molar-refractivity contribution is 5.79. The lowest BCUT2D eigenvalue weighted by molar-refractivity contribution is -0.130. The van der Waals surface area contributed by atoms with Crippen molar-refractivity contribution in [3.63, 3.8) is 0 Å². The summed E-state index contributed by atoms with van der Waals surface area (Å²) in [5.41, 5.74) is 0.739. The van der Waals surface area contributed by atoms with E-state index in [9.17, 15) is 9.18 Å². The van der Waals surface area contributed by atoms with Crippen LogP contribution in [0.15, 0.2) is 24.3 Å². The van der Waals surface area contributed by atoms with Gasteiger partial charge in [-0.25, -0.2) is 4.39 Å². The van der Waals surface area contributed by atoms with Crippen LogP contribution in [0.1, 0.15) is 18.4 Å². The van der Waals surface area contributed by atoms with Crippen LogP contribution in [0, 0.1) is 17.7 Å². The Morgan fingerprint density at radius 1 is 1.25 bits per heavy atom. The Morgan fingerprint density at radius 3 is 2.92 bits per heavy atom. The lowest BCUT2D eigenvalue weighted by Gasteiger charge is -2.23. The van der Waals surface area contributed by atoms with Crippen LogP contribution in [0.2, 0.25) is 0 Å². The van der Waals surface area contributed by atoms with Crippen molar-refractivity contribution in [3.8, 4) is 0 Å². The van der Waals surface area contributed by atoms with Crippen LogP contribution in [0.4, 0.5) is 4.39 Å². The lowest BCUT2D eigenvalue weighted by atomic mass is 10.1. The van der Waals surface area contributed by atoms with E-state index in [-0.39, 0.29) is 24.2 Å². The van der Waals surface area contributed by atoms with Gasteiger partial charge in [0.05, 0.1) is 19.1 Å².